The molecule has 0 bridgehead atoms. The van der Waals surface area contributed by atoms with Gasteiger partial charge in [0, 0.05) is 17.9 Å². The number of benzene rings is 2. The first-order valence-electron chi connectivity index (χ1n) is 7.75. The van der Waals surface area contributed by atoms with E-state index in [4.69, 9.17) is 11.5 Å². The minimum atomic E-state index is -0.0484. The van der Waals surface area contributed by atoms with Crippen LogP contribution in [-0.4, -0.2) is 18.7 Å². The normalized spacial score (nSPS) is 10.7. The lowest BCUT2D eigenvalue weighted by atomic mass is 10.1. The number of hydrogen-bond donors (Lipinski definition) is 2. The number of rotatable bonds is 7. The van der Waals surface area contributed by atoms with E-state index >= 15 is 0 Å². The second-order valence-corrected chi connectivity index (χ2v) is 5.20. The van der Waals surface area contributed by atoms with Gasteiger partial charge in [0.25, 0.3) is 0 Å². The first-order valence-corrected chi connectivity index (χ1v) is 7.75. The average molecular weight is 309 g/mol. The Kier molecular flexibility index (Phi) is 6.17. The van der Waals surface area contributed by atoms with Crippen molar-refractivity contribution < 1.29 is 0 Å². The predicted octanol–water partition coefficient (Wildman–Crippen LogP) is 3.23. The van der Waals surface area contributed by atoms with E-state index in [0.717, 1.165) is 30.6 Å². The van der Waals surface area contributed by atoms with Gasteiger partial charge >= 0.3 is 0 Å². The second kappa shape index (κ2) is 8.58. The highest BCUT2D eigenvalue weighted by Crippen LogP contribution is 2.25. The molecule has 2 aromatic rings. The lowest BCUT2D eigenvalue weighted by Gasteiger charge is -2.25. The molecule has 5 nitrogen and oxygen atoms in total. The third-order valence-corrected chi connectivity index (χ3v) is 3.39. The molecule has 0 fully saturated rings. The van der Waals surface area contributed by atoms with Gasteiger partial charge in [0.05, 0.1) is 6.21 Å². The molecule has 0 heterocycles. The summed E-state index contributed by atoms with van der Waals surface area (Å²) in [6.07, 6.45) is 3.93. The molecular formula is C18H23N5. The van der Waals surface area contributed by atoms with Crippen LogP contribution in [0.15, 0.2) is 64.8 Å². The summed E-state index contributed by atoms with van der Waals surface area (Å²) in [6, 6.07) is 18.6. The zero-order chi connectivity index (χ0) is 16.5. The summed E-state index contributed by atoms with van der Waals surface area (Å²) >= 11 is 0. The van der Waals surface area contributed by atoms with Crippen molar-refractivity contribution in [3.63, 3.8) is 0 Å². The van der Waals surface area contributed by atoms with Gasteiger partial charge in [-0.15, -0.1) is 5.10 Å². The van der Waals surface area contributed by atoms with Gasteiger partial charge in [-0.1, -0.05) is 43.7 Å². The predicted molar refractivity (Wildman–Crippen MR) is 98.2 cm³/mol. The topological polar surface area (TPSA) is 80.0 Å². The first kappa shape index (κ1) is 16.5. The van der Waals surface area contributed by atoms with Gasteiger partial charge in [-0.2, -0.15) is 5.10 Å². The van der Waals surface area contributed by atoms with Gasteiger partial charge in [0.15, 0.2) is 0 Å². The molecule has 0 unspecified atom stereocenters. The summed E-state index contributed by atoms with van der Waals surface area (Å²) in [6.45, 7) is 3.19. The van der Waals surface area contributed by atoms with Gasteiger partial charge in [0.2, 0.25) is 5.96 Å². The quantitative estimate of drug-likeness (QED) is 0.468. The molecule has 2 aromatic carbocycles. The average Bonchev–Trinajstić information content (AvgIpc) is 2.57. The van der Waals surface area contributed by atoms with Crippen LogP contribution >= 0.6 is 0 Å². The molecule has 120 valence electrons. The van der Waals surface area contributed by atoms with Crippen molar-refractivity contribution in [3.8, 4) is 0 Å². The van der Waals surface area contributed by atoms with Crippen LogP contribution in [0, 0.1) is 0 Å². The monoisotopic (exact) mass is 309 g/mol. The molecular weight excluding hydrogens is 286 g/mol. The minimum Gasteiger partial charge on any atom is -0.369 e. The Balaban J connectivity index is 2.19. The molecule has 0 aromatic heterocycles. The first-order chi connectivity index (χ1) is 11.2. The maximum atomic E-state index is 5.24. The summed E-state index contributed by atoms with van der Waals surface area (Å²) in [4.78, 5) is 2.32. The smallest absolute Gasteiger partial charge is 0.211 e. The van der Waals surface area contributed by atoms with Crippen LogP contribution in [0.2, 0.25) is 0 Å². The number of guanidine groups is 1. The fourth-order valence-corrected chi connectivity index (χ4v) is 2.23. The van der Waals surface area contributed by atoms with Crippen LogP contribution in [0.4, 0.5) is 11.4 Å². The number of nitrogens with two attached hydrogens (primary N) is 2. The number of para-hydroxylation sites is 1. The molecule has 0 radical (unpaired) electrons. The van der Waals surface area contributed by atoms with Crippen molar-refractivity contribution in [1.29, 1.82) is 0 Å². The molecule has 0 aliphatic rings. The maximum Gasteiger partial charge on any atom is 0.211 e. The molecule has 0 aliphatic carbocycles. The van der Waals surface area contributed by atoms with Gasteiger partial charge in [-0.25, -0.2) is 0 Å². The van der Waals surface area contributed by atoms with E-state index < -0.39 is 0 Å². The summed E-state index contributed by atoms with van der Waals surface area (Å²) in [5, 5.41) is 7.42. The lowest BCUT2D eigenvalue weighted by Crippen LogP contribution is -2.21. The Morgan fingerprint density at radius 3 is 2.26 bits per heavy atom. The van der Waals surface area contributed by atoms with Crippen LogP contribution in [0.5, 0.6) is 0 Å². The van der Waals surface area contributed by atoms with Crippen molar-refractivity contribution in [2.45, 2.75) is 19.8 Å². The van der Waals surface area contributed by atoms with Crippen molar-refractivity contribution in [2.24, 2.45) is 21.7 Å². The SMILES string of the molecule is CCCCN(c1ccccc1)c1ccc(C=NN=C(N)N)cc1. The van der Waals surface area contributed by atoms with E-state index in [9.17, 15) is 0 Å². The molecule has 0 atom stereocenters. The zero-order valence-electron chi connectivity index (χ0n) is 13.4. The standard InChI is InChI=1S/C18H23N5/c1-2-3-13-23(16-7-5-4-6-8-16)17-11-9-15(10-12-17)14-21-22-18(19)20/h4-12,14H,2-3,13H2,1H3,(H4,19,20,22). The molecule has 0 saturated carbocycles. The summed E-state index contributed by atoms with van der Waals surface area (Å²) in [7, 11) is 0. The van der Waals surface area contributed by atoms with Crippen LogP contribution in [0.25, 0.3) is 0 Å². The second-order valence-electron chi connectivity index (χ2n) is 5.20. The summed E-state index contributed by atoms with van der Waals surface area (Å²) in [5.74, 6) is -0.0484. The highest BCUT2D eigenvalue weighted by Gasteiger charge is 2.08. The van der Waals surface area contributed by atoms with E-state index in [1.807, 2.05) is 18.2 Å². The molecule has 5 heteroatoms. The maximum absolute atomic E-state index is 5.24. The van der Waals surface area contributed by atoms with Gasteiger partial charge in [-0.05, 0) is 36.2 Å². The fraction of sp³-hybridized carbons (Fsp3) is 0.222. The minimum absolute atomic E-state index is 0.0484. The van der Waals surface area contributed by atoms with Gasteiger partial charge in [0.1, 0.15) is 0 Å². The van der Waals surface area contributed by atoms with Crippen molar-refractivity contribution in [1.82, 2.24) is 0 Å². The van der Waals surface area contributed by atoms with Crippen LogP contribution < -0.4 is 16.4 Å². The Morgan fingerprint density at radius 2 is 1.65 bits per heavy atom. The van der Waals surface area contributed by atoms with Gasteiger partial charge < -0.3 is 16.4 Å². The van der Waals surface area contributed by atoms with E-state index in [0.29, 0.717) is 0 Å². The molecule has 4 N–H and O–H groups in total. The van der Waals surface area contributed by atoms with E-state index in [-0.39, 0.29) is 5.96 Å². The number of anilines is 2. The van der Waals surface area contributed by atoms with Crippen LogP contribution in [0.1, 0.15) is 25.3 Å². The number of unbranched alkanes of at least 4 members (excludes halogenated alkanes) is 1. The molecule has 0 saturated heterocycles. The Hall–Kier alpha value is -2.82. The largest absolute Gasteiger partial charge is 0.369 e. The Bertz CT molecular complexity index is 643. The Morgan fingerprint density at radius 1 is 1.00 bits per heavy atom. The fourth-order valence-electron chi connectivity index (χ4n) is 2.23. The highest BCUT2D eigenvalue weighted by molar-refractivity contribution is 5.82. The van der Waals surface area contributed by atoms with Gasteiger partial charge in [-0.3, -0.25) is 0 Å². The third kappa shape index (κ3) is 5.14. The molecule has 0 amide bonds. The van der Waals surface area contributed by atoms with E-state index in [1.165, 1.54) is 5.69 Å². The van der Waals surface area contributed by atoms with Crippen molar-refractivity contribution in [2.75, 3.05) is 11.4 Å². The Labute approximate surface area is 137 Å². The summed E-state index contributed by atoms with van der Waals surface area (Å²) < 4.78 is 0. The van der Waals surface area contributed by atoms with E-state index in [2.05, 4.69) is 58.4 Å². The zero-order valence-corrected chi connectivity index (χ0v) is 13.4. The van der Waals surface area contributed by atoms with Crippen molar-refractivity contribution >= 4 is 23.5 Å². The molecule has 0 aliphatic heterocycles. The number of hydrogen-bond acceptors (Lipinski definition) is 3. The summed E-state index contributed by atoms with van der Waals surface area (Å²) in [5.41, 5.74) is 13.8. The molecule has 2 rings (SSSR count). The van der Waals surface area contributed by atoms with Crippen molar-refractivity contribution in [3.05, 3.63) is 60.2 Å². The number of nitrogens with zero attached hydrogens (tertiary/aromatic N) is 3. The third-order valence-electron chi connectivity index (χ3n) is 3.39. The highest BCUT2D eigenvalue weighted by atomic mass is 15.3. The van der Waals surface area contributed by atoms with Crippen LogP contribution in [-0.2, 0) is 0 Å². The molecule has 23 heavy (non-hydrogen) atoms. The van der Waals surface area contributed by atoms with E-state index in [1.54, 1.807) is 6.21 Å². The van der Waals surface area contributed by atoms with Crippen LogP contribution in [0.3, 0.4) is 0 Å². The molecule has 0 spiro atoms. The lowest BCUT2D eigenvalue weighted by molar-refractivity contribution is 0.786.